The summed E-state index contributed by atoms with van der Waals surface area (Å²) < 4.78 is 0.971. The number of hydrogen-bond acceptors (Lipinski definition) is 3. The molecule has 0 saturated carbocycles. The Morgan fingerprint density at radius 1 is 1.04 bits per heavy atom. The van der Waals surface area contributed by atoms with E-state index in [9.17, 15) is 4.79 Å². The first-order chi connectivity index (χ1) is 12.2. The summed E-state index contributed by atoms with van der Waals surface area (Å²) in [5.74, 6) is 0.0719. The molecule has 2 aromatic carbocycles. The van der Waals surface area contributed by atoms with Gasteiger partial charge >= 0.3 is 0 Å². The van der Waals surface area contributed by atoms with Crippen molar-refractivity contribution in [2.24, 2.45) is 0 Å². The van der Waals surface area contributed by atoms with Crippen molar-refractivity contribution < 1.29 is 4.79 Å². The first-order valence-corrected chi connectivity index (χ1v) is 9.58. The van der Waals surface area contributed by atoms with Gasteiger partial charge in [0.2, 0.25) is 5.91 Å². The average molecular weight is 402 g/mol. The molecule has 132 valence electrons. The number of hydrogen-bond donors (Lipinski definition) is 2. The second-order valence-corrected chi connectivity index (χ2v) is 7.35. The molecule has 0 radical (unpaired) electrons. The molecule has 25 heavy (non-hydrogen) atoms. The van der Waals surface area contributed by atoms with Crippen LogP contribution in [-0.4, -0.2) is 36.5 Å². The molecule has 4 nitrogen and oxygen atoms in total. The lowest BCUT2D eigenvalue weighted by atomic mass is 10.0. The third-order valence-electron chi connectivity index (χ3n) is 4.50. The monoisotopic (exact) mass is 401 g/mol. The minimum absolute atomic E-state index is 0.0719. The van der Waals surface area contributed by atoms with Crippen molar-refractivity contribution in [3.63, 3.8) is 0 Å². The van der Waals surface area contributed by atoms with Crippen molar-refractivity contribution in [2.45, 2.75) is 25.3 Å². The van der Waals surface area contributed by atoms with E-state index in [1.807, 2.05) is 30.3 Å². The molecule has 5 heteroatoms. The lowest BCUT2D eigenvalue weighted by Gasteiger charge is -2.32. The number of piperidine rings is 1. The number of carbonyl (C=O) groups excluding carboxylic acids is 1. The van der Waals surface area contributed by atoms with Crippen molar-refractivity contribution in [3.8, 4) is 0 Å². The quantitative estimate of drug-likeness (QED) is 0.755. The van der Waals surface area contributed by atoms with Crippen LogP contribution in [0, 0.1) is 0 Å². The van der Waals surface area contributed by atoms with E-state index in [1.165, 1.54) is 5.69 Å². The summed E-state index contributed by atoms with van der Waals surface area (Å²) in [5.41, 5.74) is 2.03. The smallest absolute Gasteiger partial charge is 0.225 e. The van der Waals surface area contributed by atoms with Gasteiger partial charge < -0.3 is 15.5 Å². The Hall–Kier alpha value is -1.85. The highest BCUT2D eigenvalue weighted by Gasteiger charge is 2.19. The van der Waals surface area contributed by atoms with E-state index >= 15 is 0 Å². The van der Waals surface area contributed by atoms with E-state index in [1.54, 1.807) is 0 Å². The molecule has 2 aromatic rings. The van der Waals surface area contributed by atoms with Gasteiger partial charge in [-0.25, -0.2) is 0 Å². The van der Waals surface area contributed by atoms with Crippen LogP contribution in [0.2, 0.25) is 0 Å². The van der Waals surface area contributed by atoms with Crippen LogP contribution >= 0.6 is 15.9 Å². The Labute approximate surface area is 157 Å². The molecule has 1 aliphatic heterocycles. The summed E-state index contributed by atoms with van der Waals surface area (Å²) >= 11 is 3.42. The fraction of sp³-hybridized carbons (Fsp3) is 0.350. The van der Waals surface area contributed by atoms with E-state index in [2.05, 4.69) is 55.7 Å². The van der Waals surface area contributed by atoms with Crippen LogP contribution in [-0.2, 0) is 4.79 Å². The molecule has 0 spiro atoms. The van der Waals surface area contributed by atoms with Gasteiger partial charge in [0, 0.05) is 47.9 Å². The maximum Gasteiger partial charge on any atom is 0.225 e. The van der Waals surface area contributed by atoms with E-state index in [-0.39, 0.29) is 5.91 Å². The highest BCUT2D eigenvalue weighted by molar-refractivity contribution is 9.10. The van der Waals surface area contributed by atoms with Gasteiger partial charge in [-0.3, -0.25) is 4.79 Å². The Balaban J connectivity index is 1.37. The fourth-order valence-electron chi connectivity index (χ4n) is 3.12. The van der Waals surface area contributed by atoms with Crippen molar-refractivity contribution in [1.29, 1.82) is 0 Å². The van der Waals surface area contributed by atoms with Gasteiger partial charge in [-0.2, -0.15) is 0 Å². The van der Waals surface area contributed by atoms with Crippen LogP contribution in [0.1, 0.15) is 19.3 Å². The molecule has 1 amide bonds. The van der Waals surface area contributed by atoms with Gasteiger partial charge in [0.1, 0.15) is 0 Å². The summed E-state index contributed by atoms with van der Waals surface area (Å²) in [4.78, 5) is 14.5. The molecule has 1 fully saturated rings. The van der Waals surface area contributed by atoms with Crippen molar-refractivity contribution in [1.82, 2.24) is 4.90 Å². The summed E-state index contributed by atoms with van der Waals surface area (Å²) in [6.45, 7) is 2.89. The molecule has 0 unspecified atom stereocenters. The van der Waals surface area contributed by atoms with Crippen LogP contribution < -0.4 is 10.6 Å². The van der Waals surface area contributed by atoms with Gasteiger partial charge in [-0.1, -0.05) is 40.2 Å². The first-order valence-electron chi connectivity index (χ1n) is 8.78. The Morgan fingerprint density at radius 3 is 2.48 bits per heavy atom. The molecule has 0 bridgehead atoms. The summed E-state index contributed by atoms with van der Waals surface area (Å²) in [6, 6.07) is 18.6. The Bertz CT molecular complexity index is 684. The number of nitrogens with zero attached hydrogens (tertiary/aromatic N) is 1. The van der Waals surface area contributed by atoms with Crippen molar-refractivity contribution in [3.05, 3.63) is 59.1 Å². The number of para-hydroxylation sites is 1. The third kappa shape index (κ3) is 5.87. The predicted octanol–water partition coefficient (Wildman–Crippen LogP) is 4.35. The topological polar surface area (TPSA) is 44.4 Å². The fourth-order valence-corrected chi connectivity index (χ4v) is 3.52. The summed E-state index contributed by atoms with van der Waals surface area (Å²) in [6.07, 6.45) is 2.76. The minimum atomic E-state index is 0.0719. The maximum atomic E-state index is 12.1. The number of carbonyl (C=O) groups is 1. The van der Waals surface area contributed by atoms with Gasteiger partial charge in [0.25, 0.3) is 0 Å². The minimum Gasteiger partial charge on any atom is -0.382 e. The van der Waals surface area contributed by atoms with Crippen LogP contribution in [0.5, 0.6) is 0 Å². The van der Waals surface area contributed by atoms with Crippen molar-refractivity contribution >= 4 is 33.2 Å². The molecule has 0 atom stereocenters. The van der Waals surface area contributed by atoms with E-state index in [0.29, 0.717) is 12.5 Å². The summed E-state index contributed by atoms with van der Waals surface area (Å²) in [5, 5.41) is 6.55. The predicted molar refractivity (Wildman–Crippen MR) is 107 cm³/mol. The lowest BCUT2D eigenvalue weighted by molar-refractivity contribution is -0.116. The van der Waals surface area contributed by atoms with Crippen LogP contribution in [0.3, 0.4) is 0 Å². The zero-order chi connectivity index (χ0) is 17.5. The molecule has 0 aromatic heterocycles. The van der Waals surface area contributed by atoms with Crippen LogP contribution in [0.4, 0.5) is 11.4 Å². The number of halogens is 1. The number of likely N-dealkylation sites (tertiary alicyclic amines) is 1. The Kier molecular flexibility index (Phi) is 6.48. The number of rotatable bonds is 6. The number of amides is 1. The lowest BCUT2D eigenvalue weighted by Crippen LogP contribution is -2.40. The van der Waals surface area contributed by atoms with Gasteiger partial charge in [0.05, 0.1) is 0 Å². The zero-order valence-corrected chi connectivity index (χ0v) is 15.8. The molecule has 1 heterocycles. The van der Waals surface area contributed by atoms with Crippen LogP contribution in [0.15, 0.2) is 59.1 Å². The molecule has 3 rings (SSSR count). The largest absolute Gasteiger partial charge is 0.382 e. The van der Waals surface area contributed by atoms with Gasteiger partial charge in [-0.05, 0) is 43.2 Å². The zero-order valence-electron chi connectivity index (χ0n) is 14.2. The van der Waals surface area contributed by atoms with E-state index in [0.717, 1.165) is 42.6 Å². The van der Waals surface area contributed by atoms with Crippen molar-refractivity contribution in [2.75, 3.05) is 30.3 Å². The van der Waals surface area contributed by atoms with Gasteiger partial charge in [-0.15, -0.1) is 0 Å². The normalized spacial score (nSPS) is 15.7. The molecular weight excluding hydrogens is 378 g/mol. The average Bonchev–Trinajstić information content (AvgIpc) is 2.62. The number of nitrogens with one attached hydrogen (secondary N) is 2. The highest BCUT2D eigenvalue weighted by atomic mass is 79.9. The maximum absolute atomic E-state index is 12.1. The molecule has 1 saturated heterocycles. The van der Waals surface area contributed by atoms with E-state index in [4.69, 9.17) is 0 Å². The molecular formula is C20H24BrN3O. The highest BCUT2D eigenvalue weighted by Crippen LogP contribution is 2.18. The second kappa shape index (κ2) is 9.02. The van der Waals surface area contributed by atoms with Crippen LogP contribution in [0.25, 0.3) is 0 Å². The third-order valence-corrected chi connectivity index (χ3v) is 4.99. The number of benzene rings is 2. The van der Waals surface area contributed by atoms with Gasteiger partial charge in [0.15, 0.2) is 0 Å². The Morgan fingerprint density at radius 2 is 1.76 bits per heavy atom. The molecule has 1 aliphatic rings. The molecule has 2 N–H and O–H groups in total. The van der Waals surface area contributed by atoms with E-state index < -0.39 is 0 Å². The number of anilines is 2. The first kappa shape index (κ1) is 18.0. The second-order valence-electron chi connectivity index (χ2n) is 6.43. The molecule has 0 aliphatic carbocycles. The summed E-state index contributed by atoms with van der Waals surface area (Å²) in [7, 11) is 0. The standard InChI is InChI=1S/C20H24BrN3O/c21-16-5-4-8-19(15-16)23-20(25)11-14-24-12-9-18(10-13-24)22-17-6-2-1-3-7-17/h1-8,15,18,22H,9-14H2,(H,23,25). The SMILES string of the molecule is O=C(CCN1CCC(Nc2ccccc2)CC1)Nc1cccc(Br)c1.